The zero-order valence-electron chi connectivity index (χ0n) is 12.6. The largest absolute Gasteiger partial charge is 0.454 e. The predicted octanol–water partition coefficient (Wildman–Crippen LogP) is 2.23. The molecule has 2 heterocycles. The second-order valence-corrected chi connectivity index (χ2v) is 5.92. The summed E-state index contributed by atoms with van der Waals surface area (Å²) in [6.07, 6.45) is 4.30. The Morgan fingerprint density at radius 1 is 1.04 bits per heavy atom. The highest BCUT2D eigenvalue weighted by Crippen LogP contribution is 2.36. The van der Waals surface area contributed by atoms with Crippen LogP contribution in [0.2, 0.25) is 0 Å². The first-order chi connectivity index (χ1) is 11.2. The maximum atomic E-state index is 12.0. The molecule has 1 aromatic carbocycles. The molecule has 2 aromatic rings. The molecule has 6 nitrogen and oxygen atoms in total. The van der Waals surface area contributed by atoms with Crippen LogP contribution in [-0.4, -0.2) is 28.3 Å². The fourth-order valence-electron chi connectivity index (χ4n) is 3.27. The molecule has 1 saturated carbocycles. The van der Waals surface area contributed by atoms with Crippen LogP contribution >= 0.6 is 0 Å². The zero-order valence-corrected chi connectivity index (χ0v) is 12.6. The smallest absolute Gasteiger partial charge is 0.231 e. The van der Waals surface area contributed by atoms with Crippen LogP contribution in [0.5, 0.6) is 11.5 Å². The number of aromatic nitrogens is 2. The van der Waals surface area contributed by atoms with Crippen molar-refractivity contribution in [2.45, 2.75) is 32.1 Å². The van der Waals surface area contributed by atoms with Crippen molar-refractivity contribution in [1.82, 2.24) is 9.97 Å². The number of benzene rings is 1. The minimum atomic E-state index is -0.470. The number of ether oxygens (including phenoxy) is 2. The molecule has 0 saturated heterocycles. The highest BCUT2D eigenvalue weighted by Gasteiger charge is 2.29. The first-order valence-corrected chi connectivity index (χ1v) is 7.81. The molecule has 0 bridgehead atoms. The normalized spacial score (nSPS) is 17.9. The van der Waals surface area contributed by atoms with E-state index in [-0.39, 0.29) is 18.4 Å². The number of ketones is 2. The number of Topliss-reactive ketones (excluding diaryl/α,β-unsaturated/α-hetero) is 2. The zero-order chi connectivity index (χ0) is 15.8. The third-order valence-electron chi connectivity index (χ3n) is 4.51. The maximum absolute atomic E-state index is 12.0. The van der Waals surface area contributed by atoms with Gasteiger partial charge in [-0.05, 0) is 25.3 Å². The van der Waals surface area contributed by atoms with Gasteiger partial charge in [-0.25, -0.2) is 9.97 Å². The summed E-state index contributed by atoms with van der Waals surface area (Å²) < 4.78 is 10.8. The Hall–Kier alpha value is -2.50. The molecule has 1 aromatic heterocycles. The highest BCUT2D eigenvalue weighted by atomic mass is 16.7. The Labute approximate surface area is 132 Å². The summed E-state index contributed by atoms with van der Waals surface area (Å²) in [7, 11) is 0. The summed E-state index contributed by atoms with van der Waals surface area (Å²) in [6.45, 7) is 0.208. The number of hydrogen-bond donors (Lipinski definition) is 0. The quantitative estimate of drug-likeness (QED) is 0.809. The Morgan fingerprint density at radius 3 is 2.57 bits per heavy atom. The SMILES string of the molecule is O=C1CCCC(=O)C1CCc1ncnc2cc3c(cc12)OCO3. The van der Waals surface area contributed by atoms with E-state index in [0.29, 0.717) is 43.6 Å². The first-order valence-electron chi connectivity index (χ1n) is 7.81. The molecule has 1 aliphatic carbocycles. The van der Waals surface area contributed by atoms with Crippen molar-refractivity contribution in [2.75, 3.05) is 6.79 Å². The standard InChI is InChI=1S/C17H16N2O4/c20-14-2-1-3-15(21)10(14)4-5-12-11-6-16-17(23-9-22-16)7-13(11)19-8-18-12/h6-8,10H,1-5,9H2. The van der Waals surface area contributed by atoms with Crippen LogP contribution in [0.4, 0.5) is 0 Å². The van der Waals surface area contributed by atoms with Crippen LogP contribution in [-0.2, 0) is 16.0 Å². The fraction of sp³-hybridized carbons (Fsp3) is 0.412. The summed E-state index contributed by atoms with van der Waals surface area (Å²) in [4.78, 5) is 32.5. The van der Waals surface area contributed by atoms with Gasteiger partial charge >= 0.3 is 0 Å². The fourth-order valence-corrected chi connectivity index (χ4v) is 3.27. The van der Waals surface area contributed by atoms with Gasteiger partial charge in [-0.3, -0.25) is 9.59 Å². The van der Waals surface area contributed by atoms with E-state index in [1.807, 2.05) is 12.1 Å². The van der Waals surface area contributed by atoms with Crippen LogP contribution in [0.25, 0.3) is 10.9 Å². The van der Waals surface area contributed by atoms with Gasteiger partial charge in [-0.15, -0.1) is 0 Å². The van der Waals surface area contributed by atoms with E-state index in [1.165, 1.54) is 6.33 Å². The molecule has 1 fully saturated rings. The molecule has 2 aliphatic rings. The van der Waals surface area contributed by atoms with E-state index < -0.39 is 5.92 Å². The summed E-state index contributed by atoms with van der Waals surface area (Å²) in [5, 5.41) is 0.882. The van der Waals surface area contributed by atoms with Gasteiger partial charge < -0.3 is 9.47 Å². The molecule has 0 unspecified atom stereocenters. The van der Waals surface area contributed by atoms with Gasteiger partial charge in [0, 0.05) is 24.3 Å². The lowest BCUT2D eigenvalue weighted by Crippen LogP contribution is -2.29. The number of fused-ring (bicyclic) bond motifs is 2. The Bertz CT molecular complexity index is 787. The van der Waals surface area contributed by atoms with Gasteiger partial charge in [0.15, 0.2) is 11.5 Å². The third kappa shape index (κ3) is 2.54. The lowest BCUT2D eigenvalue weighted by molar-refractivity contribution is -0.135. The molecule has 4 rings (SSSR count). The second-order valence-electron chi connectivity index (χ2n) is 5.92. The van der Waals surface area contributed by atoms with Gasteiger partial charge in [-0.1, -0.05) is 0 Å². The summed E-state index contributed by atoms with van der Waals surface area (Å²) in [5.41, 5.74) is 1.61. The maximum Gasteiger partial charge on any atom is 0.231 e. The Morgan fingerprint density at radius 2 is 1.78 bits per heavy atom. The van der Waals surface area contributed by atoms with E-state index in [1.54, 1.807) is 0 Å². The lowest BCUT2D eigenvalue weighted by atomic mass is 9.83. The summed E-state index contributed by atoms with van der Waals surface area (Å²) >= 11 is 0. The molecular formula is C17H16N2O4. The number of rotatable bonds is 3. The van der Waals surface area contributed by atoms with E-state index in [9.17, 15) is 9.59 Å². The van der Waals surface area contributed by atoms with Crippen molar-refractivity contribution in [1.29, 1.82) is 0 Å². The van der Waals surface area contributed by atoms with Crippen LogP contribution in [0.3, 0.4) is 0 Å². The van der Waals surface area contributed by atoms with Gasteiger partial charge in [-0.2, -0.15) is 0 Å². The second kappa shape index (κ2) is 5.61. The predicted molar refractivity (Wildman–Crippen MR) is 81.3 cm³/mol. The Balaban J connectivity index is 1.61. The summed E-state index contributed by atoms with van der Waals surface area (Å²) in [5.74, 6) is 1.02. The number of hydrogen-bond acceptors (Lipinski definition) is 6. The van der Waals surface area contributed by atoms with Crippen molar-refractivity contribution < 1.29 is 19.1 Å². The van der Waals surface area contributed by atoms with Crippen LogP contribution in [0.1, 0.15) is 31.4 Å². The van der Waals surface area contributed by atoms with Gasteiger partial charge in [0.1, 0.15) is 17.9 Å². The number of carbonyl (C=O) groups excluding carboxylic acids is 2. The van der Waals surface area contributed by atoms with Crippen LogP contribution in [0, 0.1) is 5.92 Å². The minimum Gasteiger partial charge on any atom is -0.454 e. The number of aryl methyl sites for hydroxylation is 1. The van der Waals surface area contributed by atoms with Crippen molar-refractivity contribution in [3.8, 4) is 11.5 Å². The van der Waals surface area contributed by atoms with Crippen LogP contribution in [0.15, 0.2) is 18.5 Å². The van der Waals surface area contributed by atoms with Crippen molar-refractivity contribution in [3.05, 3.63) is 24.2 Å². The average Bonchev–Trinajstić information content (AvgIpc) is 2.99. The number of nitrogens with zero attached hydrogens (tertiary/aromatic N) is 2. The van der Waals surface area contributed by atoms with Gasteiger partial charge in [0.25, 0.3) is 0 Å². The van der Waals surface area contributed by atoms with Gasteiger partial charge in [0.05, 0.1) is 17.1 Å². The third-order valence-corrected chi connectivity index (χ3v) is 4.51. The van der Waals surface area contributed by atoms with E-state index in [2.05, 4.69) is 9.97 Å². The molecule has 6 heteroatoms. The number of carbonyl (C=O) groups is 2. The van der Waals surface area contributed by atoms with Crippen molar-refractivity contribution in [2.24, 2.45) is 5.92 Å². The topological polar surface area (TPSA) is 78.4 Å². The Kier molecular flexibility index (Phi) is 3.44. The highest BCUT2D eigenvalue weighted by molar-refractivity contribution is 6.04. The monoisotopic (exact) mass is 312 g/mol. The van der Waals surface area contributed by atoms with Crippen molar-refractivity contribution >= 4 is 22.5 Å². The molecule has 0 atom stereocenters. The molecule has 23 heavy (non-hydrogen) atoms. The molecule has 0 spiro atoms. The molecule has 0 radical (unpaired) electrons. The lowest BCUT2D eigenvalue weighted by Gasteiger charge is -2.19. The summed E-state index contributed by atoms with van der Waals surface area (Å²) in [6, 6.07) is 3.71. The molecule has 0 N–H and O–H groups in total. The molecule has 1 aliphatic heterocycles. The van der Waals surface area contributed by atoms with E-state index >= 15 is 0 Å². The van der Waals surface area contributed by atoms with E-state index in [4.69, 9.17) is 9.47 Å². The average molecular weight is 312 g/mol. The molecule has 0 amide bonds. The molecule has 118 valence electrons. The van der Waals surface area contributed by atoms with Gasteiger partial charge in [0.2, 0.25) is 6.79 Å². The van der Waals surface area contributed by atoms with E-state index in [0.717, 1.165) is 16.6 Å². The van der Waals surface area contributed by atoms with Crippen molar-refractivity contribution in [3.63, 3.8) is 0 Å². The minimum absolute atomic E-state index is 0.0669. The first kappa shape index (κ1) is 14.1. The van der Waals surface area contributed by atoms with Crippen LogP contribution < -0.4 is 9.47 Å². The molecular weight excluding hydrogens is 296 g/mol.